The van der Waals surface area contributed by atoms with Gasteiger partial charge in [0.1, 0.15) is 4.83 Å². The van der Waals surface area contributed by atoms with Crippen LogP contribution in [0.1, 0.15) is 61.1 Å². The Labute approximate surface area is 145 Å². The van der Waals surface area contributed by atoms with Gasteiger partial charge in [0.05, 0.1) is 12.0 Å². The van der Waals surface area contributed by atoms with Crippen LogP contribution in [-0.4, -0.2) is 22.1 Å². The van der Waals surface area contributed by atoms with Crippen LogP contribution in [-0.2, 0) is 24.1 Å². The second-order valence-corrected chi connectivity index (χ2v) is 7.64. The molecule has 2 heterocycles. The zero-order chi connectivity index (χ0) is 17.3. The highest BCUT2D eigenvalue weighted by atomic mass is 32.1. The van der Waals surface area contributed by atoms with Gasteiger partial charge in [0, 0.05) is 11.4 Å². The number of thiophene rings is 1. The molecule has 0 spiro atoms. The highest BCUT2D eigenvalue weighted by molar-refractivity contribution is 7.18. The average molecular weight is 348 g/mol. The molecular weight excluding hydrogens is 324 g/mol. The van der Waals surface area contributed by atoms with Crippen LogP contribution in [0.3, 0.4) is 0 Å². The van der Waals surface area contributed by atoms with Crippen LogP contribution in [0.4, 0.5) is 0 Å². The molecular formula is C18H24N2O3S. The summed E-state index contributed by atoms with van der Waals surface area (Å²) in [5.41, 5.74) is 1.07. The summed E-state index contributed by atoms with van der Waals surface area (Å²) in [6.45, 7) is 7.00. The summed E-state index contributed by atoms with van der Waals surface area (Å²) in [5.74, 6) is 0.288. The van der Waals surface area contributed by atoms with E-state index in [9.17, 15) is 9.59 Å². The maximum atomic E-state index is 13.1. The maximum Gasteiger partial charge on any atom is 0.374 e. The van der Waals surface area contributed by atoms with E-state index in [0.717, 1.165) is 43.1 Å². The van der Waals surface area contributed by atoms with E-state index in [0.29, 0.717) is 23.9 Å². The Balaban J connectivity index is 2.17. The highest BCUT2D eigenvalue weighted by Crippen LogP contribution is 2.35. The van der Waals surface area contributed by atoms with Crippen molar-refractivity contribution in [3.05, 3.63) is 26.6 Å². The molecule has 2 aromatic rings. The normalized spacial score (nSPS) is 17.0. The fraction of sp³-hybridized carbons (Fsp3) is 0.611. The van der Waals surface area contributed by atoms with Crippen LogP contribution in [0.2, 0.25) is 0 Å². The summed E-state index contributed by atoms with van der Waals surface area (Å²) in [4.78, 5) is 31.9. The van der Waals surface area contributed by atoms with Crippen molar-refractivity contribution in [1.82, 2.24) is 9.55 Å². The maximum absolute atomic E-state index is 13.1. The van der Waals surface area contributed by atoms with Crippen LogP contribution in [0.15, 0.2) is 4.79 Å². The molecule has 6 heteroatoms. The zero-order valence-corrected chi connectivity index (χ0v) is 15.4. The van der Waals surface area contributed by atoms with Gasteiger partial charge in [0.15, 0.2) is 0 Å². The third kappa shape index (κ3) is 2.99. The van der Waals surface area contributed by atoms with E-state index in [1.807, 2.05) is 13.8 Å². The lowest BCUT2D eigenvalue weighted by Crippen LogP contribution is -2.29. The van der Waals surface area contributed by atoms with Crippen molar-refractivity contribution in [2.75, 3.05) is 6.61 Å². The Hall–Kier alpha value is -1.69. The standard InChI is InChI=1S/C18H24N2O3S/c1-4-8-20-15(18(22)23-9-5-2)19-16-14(17(20)21)12-7-6-11(3)10-13(12)24-16/h11H,4-10H2,1-3H3/t11-/m0/s1. The van der Waals surface area contributed by atoms with Gasteiger partial charge < -0.3 is 4.74 Å². The van der Waals surface area contributed by atoms with Gasteiger partial charge in [0.25, 0.3) is 5.56 Å². The number of carbonyl (C=O) groups excluding carboxylic acids is 1. The van der Waals surface area contributed by atoms with Gasteiger partial charge in [-0.1, -0.05) is 20.8 Å². The van der Waals surface area contributed by atoms with Crippen LogP contribution >= 0.6 is 11.3 Å². The molecule has 0 bridgehead atoms. The molecule has 0 saturated carbocycles. The van der Waals surface area contributed by atoms with Gasteiger partial charge >= 0.3 is 5.97 Å². The second-order valence-electron chi connectivity index (χ2n) is 6.56. The molecule has 0 N–H and O–H groups in total. The van der Waals surface area contributed by atoms with Crippen molar-refractivity contribution < 1.29 is 9.53 Å². The average Bonchev–Trinajstić information content (AvgIpc) is 2.92. The molecule has 24 heavy (non-hydrogen) atoms. The van der Waals surface area contributed by atoms with Gasteiger partial charge in [-0.2, -0.15) is 0 Å². The monoisotopic (exact) mass is 348 g/mol. The fourth-order valence-electron chi connectivity index (χ4n) is 3.27. The second kappa shape index (κ2) is 7.05. The van der Waals surface area contributed by atoms with E-state index < -0.39 is 5.97 Å². The first-order chi connectivity index (χ1) is 11.6. The summed E-state index contributed by atoms with van der Waals surface area (Å²) < 4.78 is 6.74. The van der Waals surface area contributed by atoms with Crippen molar-refractivity contribution in [3.63, 3.8) is 0 Å². The molecule has 1 aliphatic carbocycles. The van der Waals surface area contributed by atoms with Crippen molar-refractivity contribution in [2.24, 2.45) is 5.92 Å². The number of hydrogen-bond donors (Lipinski definition) is 0. The predicted octanol–water partition coefficient (Wildman–Crippen LogP) is 3.56. The predicted molar refractivity (Wildman–Crippen MR) is 95.9 cm³/mol. The number of aryl methyl sites for hydroxylation is 1. The molecule has 0 saturated heterocycles. The molecule has 1 aliphatic rings. The van der Waals surface area contributed by atoms with Crippen molar-refractivity contribution in [3.8, 4) is 0 Å². The van der Waals surface area contributed by atoms with Gasteiger partial charge in [-0.15, -0.1) is 11.3 Å². The van der Waals surface area contributed by atoms with Gasteiger partial charge in [-0.05, 0) is 43.6 Å². The molecule has 3 rings (SSSR count). The number of rotatable bonds is 5. The summed E-state index contributed by atoms with van der Waals surface area (Å²) in [7, 11) is 0. The molecule has 0 amide bonds. The Kier molecular flexibility index (Phi) is 5.04. The number of carbonyl (C=O) groups is 1. The summed E-state index contributed by atoms with van der Waals surface area (Å²) >= 11 is 1.57. The molecule has 0 aliphatic heterocycles. The van der Waals surface area contributed by atoms with Gasteiger partial charge in [-0.25, -0.2) is 9.78 Å². The minimum absolute atomic E-state index is 0.0858. The van der Waals surface area contributed by atoms with E-state index in [1.165, 1.54) is 9.44 Å². The Morgan fingerprint density at radius 3 is 2.88 bits per heavy atom. The van der Waals surface area contributed by atoms with Gasteiger partial charge in [-0.3, -0.25) is 9.36 Å². The first kappa shape index (κ1) is 17.1. The minimum atomic E-state index is -0.496. The zero-order valence-electron chi connectivity index (χ0n) is 14.6. The Morgan fingerprint density at radius 1 is 1.38 bits per heavy atom. The fourth-order valence-corrected chi connectivity index (χ4v) is 4.64. The summed E-state index contributed by atoms with van der Waals surface area (Å²) in [5, 5.41) is 0.724. The Bertz CT molecular complexity index is 822. The van der Waals surface area contributed by atoms with Crippen molar-refractivity contribution >= 4 is 27.5 Å². The van der Waals surface area contributed by atoms with E-state index in [2.05, 4.69) is 11.9 Å². The van der Waals surface area contributed by atoms with Crippen LogP contribution < -0.4 is 5.56 Å². The lowest BCUT2D eigenvalue weighted by atomic mass is 9.89. The van der Waals surface area contributed by atoms with Gasteiger partial charge in [0.2, 0.25) is 5.82 Å². The number of hydrogen-bond acceptors (Lipinski definition) is 5. The quantitative estimate of drug-likeness (QED) is 0.775. The molecule has 5 nitrogen and oxygen atoms in total. The molecule has 0 fully saturated rings. The molecule has 2 aromatic heterocycles. The van der Waals surface area contributed by atoms with E-state index in [-0.39, 0.29) is 11.4 Å². The summed E-state index contributed by atoms with van der Waals surface area (Å²) in [6.07, 6.45) is 4.55. The van der Waals surface area contributed by atoms with Crippen LogP contribution in [0.25, 0.3) is 10.2 Å². The lowest BCUT2D eigenvalue weighted by molar-refractivity contribution is 0.0483. The van der Waals surface area contributed by atoms with Crippen LogP contribution in [0, 0.1) is 5.92 Å². The molecule has 130 valence electrons. The topological polar surface area (TPSA) is 61.2 Å². The SMILES string of the molecule is CCCOC(=O)c1nc2sc3c(c2c(=O)n1CCC)CC[C@H](C)C3. The highest BCUT2D eigenvalue weighted by Gasteiger charge is 2.26. The first-order valence-electron chi connectivity index (χ1n) is 8.79. The Morgan fingerprint density at radius 2 is 2.17 bits per heavy atom. The third-order valence-electron chi connectivity index (χ3n) is 4.48. The first-order valence-corrected chi connectivity index (χ1v) is 9.60. The lowest BCUT2D eigenvalue weighted by Gasteiger charge is -2.17. The number of fused-ring (bicyclic) bond motifs is 3. The van der Waals surface area contributed by atoms with E-state index in [1.54, 1.807) is 11.3 Å². The molecule has 0 unspecified atom stereocenters. The number of ether oxygens (including phenoxy) is 1. The summed E-state index contributed by atoms with van der Waals surface area (Å²) in [6, 6.07) is 0. The van der Waals surface area contributed by atoms with Crippen molar-refractivity contribution in [2.45, 2.75) is 59.4 Å². The smallest absolute Gasteiger partial charge is 0.374 e. The number of esters is 1. The molecule has 0 radical (unpaired) electrons. The van der Waals surface area contributed by atoms with Crippen molar-refractivity contribution in [1.29, 1.82) is 0 Å². The van der Waals surface area contributed by atoms with E-state index >= 15 is 0 Å². The molecule has 0 aromatic carbocycles. The number of nitrogens with zero attached hydrogens (tertiary/aromatic N) is 2. The minimum Gasteiger partial charge on any atom is -0.460 e. The third-order valence-corrected chi connectivity index (χ3v) is 5.63. The molecule has 1 atom stereocenters. The van der Waals surface area contributed by atoms with Crippen LogP contribution in [0.5, 0.6) is 0 Å². The van der Waals surface area contributed by atoms with E-state index in [4.69, 9.17) is 4.74 Å². The number of aromatic nitrogens is 2. The largest absolute Gasteiger partial charge is 0.460 e.